The molecule has 0 aliphatic heterocycles. The van der Waals surface area contributed by atoms with Crippen LogP contribution in [0.3, 0.4) is 0 Å². The molecule has 4 heteroatoms. The van der Waals surface area contributed by atoms with Crippen LogP contribution in [0.5, 0.6) is 11.5 Å². The molecule has 0 spiro atoms. The molecule has 0 heterocycles. The van der Waals surface area contributed by atoms with Crippen LogP contribution in [0.15, 0.2) is 12.1 Å². The van der Waals surface area contributed by atoms with Crippen LogP contribution in [0.4, 0.5) is 0 Å². The Bertz CT molecular complexity index is 323. The predicted molar refractivity (Wildman–Crippen MR) is 55.2 cm³/mol. The third kappa shape index (κ3) is 2.11. The molecule has 0 amide bonds. The van der Waals surface area contributed by atoms with Crippen LogP contribution in [0.25, 0.3) is 0 Å². The smallest absolute Gasteiger partial charge is 0.166 e. The van der Waals surface area contributed by atoms with Crippen LogP contribution in [0, 0.1) is 0 Å². The van der Waals surface area contributed by atoms with Crippen LogP contribution < -0.4 is 9.47 Å². The topological polar surface area (TPSA) is 38.7 Å². The van der Waals surface area contributed by atoms with Gasteiger partial charge in [0.15, 0.2) is 11.5 Å². The molecule has 78 valence electrons. The molecule has 1 aromatic carbocycles. The lowest BCUT2D eigenvalue weighted by Crippen LogP contribution is -1.99. The second kappa shape index (κ2) is 4.53. The van der Waals surface area contributed by atoms with Crippen molar-refractivity contribution in [3.8, 4) is 11.5 Å². The van der Waals surface area contributed by atoms with Crippen molar-refractivity contribution in [2.24, 2.45) is 0 Å². The maximum Gasteiger partial charge on any atom is 0.166 e. The first-order valence-corrected chi connectivity index (χ1v) is 4.57. The Hall–Kier alpha value is -0.930. The Morgan fingerprint density at radius 3 is 2.36 bits per heavy atom. The van der Waals surface area contributed by atoms with Crippen molar-refractivity contribution in [3.05, 3.63) is 22.7 Å². The largest absolute Gasteiger partial charge is 0.493 e. The summed E-state index contributed by atoms with van der Waals surface area (Å²) in [5, 5.41) is 10.00. The van der Waals surface area contributed by atoms with Gasteiger partial charge in [-0.2, -0.15) is 0 Å². The summed E-state index contributed by atoms with van der Waals surface area (Å²) < 4.78 is 10.2. The maximum absolute atomic E-state index is 9.49. The van der Waals surface area contributed by atoms with Gasteiger partial charge in [0, 0.05) is 16.7 Å². The zero-order valence-electron chi connectivity index (χ0n) is 8.37. The molecule has 0 radical (unpaired) electrons. The molecule has 1 N–H and O–H groups in total. The van der Waals surface area contributed by atoms with E-state index in [1.807, 2.05) is 0 Å². The van der Waals surface area contributed by atoms with Crippen molar-refractivity contribution in [2.75, 3.05) is 14.2 Å². The van der Waals surface area contributed by atoms with Crippen molar-refractivity contribution in [1.29, 1.82) is 0 Å². The Labute approximate surface area is 88.2 Å². The van der Waals surface area contributed by atoms with Crippen molar-refractivity contribution in [1.82, 2.24) is 0 Å². The number of hydrogen-bond acceptors (Lipinski definition) is 3. The van der Waals surface area contributed by atoms with Crippen molar-refractivity contribution in [3.63, 3.8) is 0 Å². The van der Waals surface area contributed by atoms with Crippen molar-refractivity contribution in [2.45, 2.75) is 13.0 Å². The zero-order chi connectivity index (χ0) is 10.7. The van der Waals surface area contributed by atoms with E-state index in [2.05, 4.69) is 0 Å². The second-order valence-electron chi connectivity index (χ2n) is 2.91. The minimum Gasteiger partial charge on any atom is -0.493 e. The SMILES string of the molecule is COc1cc(Cl)cc([C@@H](C)O)c1OC. The molecule has 3 nitrogen and oxygen atoms in total. The van der Waals surface area contributed by atoms with Gasteiger partial charge in [0.25, 0.3) is 0 Å². The van der Waals surface area contributed by atoms with Gasteiger partial charge in [-0.3, -0.25) is 0 Å². The molecule has 0 saturated heterocycles. The van der Waals surface area contributed by atoms with Gasteiger partial charge in [-0.15, -0.1) is 0 Å². The molecule has 0 fully saturated rings. The number of halogens is 1. The molecular weight excluding hydrogens is 204 g/mol. The molecule has 0 aliphatic carbocycles. The lowest BCUT2D eigenvalue weighted by molar-refractivity contribution is 0.193. The molecule has 1 rings (SSSR count). The van der Waals surface area contributed by atoms with E-state index < -0.39 is 6.10 Å². The first-order valence-electron chi connectivity index (χ1n) is 4.19. The Kier molecular flexibility index (Phi) is 3.61. The number of ether oxygens (including phenoxy) is 2. The van der Waals surface area contributed by atoms with E-state index in [9.17, 15) is 5.11 Å². The van der Waals surface area contributed by atoms with Gasteiger partial charge < -0.3 is 14.6 Å². The Morgan fingerprint density at radius 1 is 1.29 bits per heavy atom. The van der Waals surface area contributed by atoms with E-state index in [1.54, 1.807) is 19.1 Å². The highest BCUT2D eigenvalue weighted by Crippen LogP contribution is 2.37. The average Bonchev–Trinajstić information content (AvgIpc) is 2.16. The molecule has 0 unspecified atom stereocenters. The monoisotopic (exact) mass is 216 g/mol. The predicted octanol–water partition coefficient (Wildman–Crippen LogP) is 2.41. The van der Waals surface area contributed by atoms with Crippen molar-refractivity contribution >= 4 is 11.6 Å². The van der Waals surface area contributed by atoms with E-state index in [0.717, 1.165) is 0 Å². The molecule has 0 aromatic heterocycles. The second-order valence-corrected chi connectivity index (χ2v) is 3.34. The molecule has 1 atom stereocenters. The third-order valence-corrected chi connectivity index (χ3v) is 2.14. The van der Waals surface area contributed by atoms with Crippen molar-refractivity contribution < 1.29 is 14.6 Å². The average molecular weight is 217 g/mol. The van der Waals surface area contributed by atoms with E-state index >= 15 is 0 Å². The van der Waals surface area contributed by atoms with E-state index in [0.29, 0.717) is 22.1 Å². The summed E-state index contributed by atoms with van der Waals surface area (Å²) in [7, 11) is 3.05. The standard InChI is InChI=1S/C10H13ClO3/c1-6(12)8-4-7(11)5-9(13-2)10(8)14-3/h4-6,12H,1-3H3/t6-/m1/s1. The quantitative estimate of drug-likeness (QED) is 0.844. The summed E-state index contributed by atoms with van der Waals surface area (Å²) in [6.45, 7) is 1.65. The number of methoxy groups -OCH3 is 2. The summed E-state index contributed by atoms with van der Waals surface area (Å²) in [6, 6.07) is 3.31. The minimum atomic E-state index is -0.641. The minimum absolute atomic E-state index is 0.513. The van der Waals surface area contributed by atoms with E-state index in [1.165, 1.54) is 14.2 Å². The van der Waals surface area contributed by atoms with Crippen LogP contribution >= 0.6 is 11.6 Å². The summed E-state index contributed by atoms with van der Waals surface area (Å²) in [4.78, 5) is 0. The molecule has 14 heavy (non-hydrogen) atoms. The summed E-state index contributed by atoms with van der Waals surface area (Å²) in [6.07, 6.45) is -0.641. The molecule has 0 bridgehead atoms. The van der Waals surface area contributed by atoms with Gasteiger partial charge in [-0.05, 0) is 13.0 Å². The number of hydrogen-bond donors (Lipinski definition) is 1. The van der Waals surface area contributed by atoms with Crippen LogP contribution in [-0.4, -0.2) is 19.3 Å². The fraction of sp³-hybridized carbons (Fsp3) is 0.400. The Morgan fingerprint density at radius 2 is 1.93 bits per heavy atom. The number of rotatable bonds is 3. The first kappa shape index (κ1) is 11.1. The highest BCUT2D eigenvalue weighted by atomic mass is 35.5. The summed E-state index contributed by atoms with van der Waals surface area (Å²) in [5.74, 6) is 1.04. The van der Waals surface area contributed by atoms with Crippen LogP contribution in [0.1, 0.15) is 18.6 Å². The summed E-state index contributed by atoms with van der Waals surface area (Å²) >= 11 is 5.86. The maximum atomic E-state index is 9.49. The first-order chi connectivity index (χ1) is 6.60. The highest BCUT2D eigenvalue weighted by Gasteiger charge is 2.15. The van der Waals surface area contributed by atoms with Crippen LogP contribution in [-0.2, 0) is 0 Å². The van der Waals surface area contributed by atoms with Crippen LogP contribution in [0.2, 0.25) is 5.02 Å². The fourth-order valence-electron chi connectivity index (χ4n) is 1.27. The summed E-state index contributed by atoms with van der Waals surface area (Å²) in [5.41, 5.74) is 0.622. The third-order valence-electron chi connectivity index (χ3n) is 1.92. The molecule has 0 aliphatic rings. The number of aliphatic hydroxyl groups is 1. The van der Waals surface area contributed by atoms with Gasteiger partial charge in [0.2, 0.25) is 0 Å². The van der Waals surface area contributed by atoms with E-state index in [-0.39, 0.29) is 0 Å². The molecule has 0 saturated carbocycles. The lowest BCUT2D eigenvalue weighted by Gasteiger charge is -2.14. The Balaban J connectivity index is 3.31. The molecular formula is C10H13ClO3. The molecule has 1 aromatic rings. The van der Waals surface area contributed by atoms with Gasteiger partial charge in [0.05, 0.1) is 20.3 Å². The van der Waals surface area contributed by atoms with Gasteiger partial charge in [-0.1, -0.05) is 11.6 Å². The van der Waals surface area contributed by atoms with Gasteiger partial charge in [-0.25, -0.2) is 0 Å². The number of aliphatic hydroxyl groups excluding tert-OH is 1. The zero-order valence-corrected chi connectivity index (χ0v) is 9.13. The number of benzene rings is 1. The normalized spacial score (nSPS) is 12.4. The highest BCUT2D eigenvalue weighted by molar-refractivity contribution is 6.30. The van der Waals surface area contributed by atoms with Gasteiger partial charge in [0.1, 0.15) is 0 Å². The van der Waals surface area contributed by atoms with Gasteiger partial charge >= 0.3 is 0 Å². The lowest BCUT2D eigenvalue weighted by atomic mass is 10.1. The van der Waals surface area contributed by atoms with E-state index in [4.69, 9.17) is 21.1 Å². The fourth-order valence-corrected chi connectivity index (χ4v) is 1.49.